The Balaban J connectivity index is 1.34. The van der Waals surface area contributed by atoms with Gasteiger partial charge in [-0.15, -0.1) is 0 Å². The van der Waals surface area contributed by atoms with Crippen molar-refractivity contribution in [3.05, 3.63) is 65.7 Å². The summed E-state index contributed by atoms with van der Waals surface area (Å²) in [6.45, 7) is 5.27. The normalized spacial score (nSPS) is 18.4. The lowest BCUT2D eigenvalue weighted by Crippen LogP contribution is -2.45. The van der Waals surface area contributed by atoms with Gasteiger partial charge in [0.15, 0.2) is 0 Å². The lowest BCUT2D eigenvalue weighted by Gasteiger charge is -2.36. The molecule has 1 amide bonds. The fraction of sp³-hybridized carbons (Fsp3) is 0.333. The van der Waals surface area contributed by atoms with Gasteiger partial charge in [0.1, 0.15) is 0 Å². The van der Waals surface area contributed by atoms with Gasteiger partial charge in [0.05, 0.1) is 5.71 Å². The third kappa shape index (κ3) is 3.94. The summed E-state index contributed by atoms with van der Waals surface area (Å²) in [7, 11) is 0. The number of nitrogens with one attached hydrogen (secondary N) is 1. The van der Waals surface area contributed by atoms with Crippen LogP contribution in [-0.4, -0.2) is 42.7 Å². The van der Waals surface area contributed by atoms with E-state index in [4.69, 9.17) is 0 Å². The first-order chi connectivity index (χ1) is 12.8. The molecular formula is C21H24N4O. The first-order valence-electron chi connectivity index (χ1n) is 9.25. The lowest BCUT2D eigenvalue weighted by molar-refractivity contribution is -0.121. The Morgan fingerprint density at radius 2 is 1.62 bits per heavy atom. The Hall–Kier alpha value is -2.66. The molecule has 0 spiro atoms. The molecule has 2 aliphatic rings. The topological polar surface area (TPSA) is 47.9 Å². The predicted octanol–water partition coefficient (Wildman–Crippen LogP) is 2.62. The SMILES string of the molecule is O=C1CCC(c2ccc(N3CCN(Cc4ccccc4)CC3)cc2)=NN1. The number of hydrogen-bond acceptors (Lipinski definition) is 4. The van der Waals surface area contributed by atoms with Crippen molar-refractivity contribution in [3.63, 3.8) is 0 Å². The van der Waals surface area contributed by atoms with Crippen LogP contribution >= 0.6 is 0 Å². The van der Waals surface area contributed by atoms with E-state index in [-0.39, 0.29) is 5.91 Å². The second kappa shape index (κ2) is 7.70. The van der Waals surface area contributed by atoms with Crippen LogP contribution in [0.1, 0.15) is 24.0 Å². The van der Waals surface area contributed by atoms with Crippen LogP contribution in [0.3, 0.4) is 0 Å². The van der Waals surface area contributed by atoms with Gasteiger partial charge in [-0.05, 0) is 23.3 Å². The first-order valence-corrected chi connectivity index (χ1v) is 9.25. The summed E-state index contributed by atoms with van der Waals surface area (Å²) in [6, 6.07) is 19.2. The number of anilines is 1. The second-order valence-electron chi connectivity index (χ2n) is 6.89. The number of hydrazone groups is 1. The van der Waals surface area contributed by atoms with Crippen LogP contribution in [0.15, 0.2) is 59.7 Å². The van der Waals surface area contributed by atoms with Crippen LogP contribution < -0.4 is 10.3 Å². The molecule has 0 radical (unpaired) electrons. The van der Waals surface area contributed by atoms with E-state index in [0.29, 0.717) is 12.8 Å². The summed E-state index contributed by atoms with van der Waals surface area (Å²) in [5.74, 6) is -0.00116. The Labute approximate surface area is 154 Å². The minimum Gasteiger partial charge on any atom is -0.369 e. The van der Waals surface area contributed by atoms with Crippen LogP contribution in [0.4, 0.5) is 5.69 Å². The highest BCUT2D eigenvalue weighted by Gasteiger charge is 2.18. The molecular weight excluding hydrogens is 324 g/mol. The van der Waals surface area contributed by atoms with Gasteiger partial charge in [-0.25, -0.2) is 5.43 Å². The number of amides is 1. The van der Waals surface area contributed by atoms with Crippen LogP contribution in [0, 0.1) is 0 Å². The molecule has 26 heavy (non-hydrogen) atoms. The summed E-state index contributed by atoms with van der Waals surface area (Å²) in [5.41, 5.74) is 7.26. The van der Waals surface area contributed by atoms with Gasteiger partial charge in [-0.1, -0.05) is 42.5 Å². The molecule has 134 valence electrons. The van der Waals surface area contributed by atoms with Crippen LogP contribution in [-0.2, 0) is 11.3 Å². The molecule has 0 atom stereocenters. The van der Waals surface area contributed by atoms with E-state index < -0.39 is 0 Å². The summed E-state index contributed by atoms with van der Waals surface area (Å²) in [6.07, 6.45) is 1.23. The quantitative estimate of drug-likeness (QED) is 0.924. The van der Waals surface area contributed by atoms with Crippen LogP contribution in [0.25, 0.3) is 0 Å². The number of carbonyl (C=O) groups excluding carboxylic acids is 1. The highest BCUT2D eigenvalue weighted by Crippen LogP contribution is 2.20. The molecule has 1 saturated heterocycles. The zero-order valence-electron chi connectivity index (χ0n) is 14.9. The Morgan fingerprint density at radius 1 is 0.885 bits per heavy atom. The van der Waals surface area contributed by atoms with E-state index in [1.54, 1.807) is 0 Å². The number of benzene rings is 2. The Morgan fingerprint density at radius 3 is 2.27 bits per heavy atom. The average Bonchev–Trinajstić information content (AvgIpc) is 2.70. The Bertz CT molecular complexity index is 777. The third-order valence-electron chi connectivity index (χ3n) is 5.09. The van der Waals surface area contributed by atoms with Gasteiger partial charge in [-0.3, -0.25) is 9.69 Å². The van der Waals surface area contributed by atoms with E-state index >= 15 is 0 Å². The molecule has 0 aliphatic carbocycles. The van der Waals surface area contributed by atoms with Crippen molar-refractivity contribution in [1.29, 1.82) is 0 Å². The van der Waals surface area contributed by atoms with Crippen molar-refractivity contribution in [2.45, 2.75) is 19.4 Å². The molecule has 5 nitrogen and oxygen atoms in total. The maximum Gasteiger partial charge on any atom is 0.240 e. The molecule has 0 saturated carbocycles. The molecule has 1 N–H and O–H groups in total. The fourth-order valence-corrected chi connectivity index (χ4v) is 3.55. The number of hydrogen-bond donors (Lipinski definition) is 1. The van der Waals surface area contributed by atoms with Crippen LogP contribution in [0.2, 0.25) is 0 Å². The minimum absolute atomic E-state index is 0.00116. The minimum atomic E-state index is -0.00116. The molecule has 2 heterocycles. The van der Waals surface area contributed by atoms with Crippen molar-refractivity contribution in [2.24, 2.45) is 5.10 Å². The van der Waals surface area contributed by atoms with E-state index in [0.717, 1.165) is 44.0 Å². The molecule has 0 unspecified atom stereocenters. The zero-order valence-corrected chi connectivity index (χ0v) is 14.9. The highest BCUT2D eigenvalue weighted by atomic mass is 16.2. The molecule has 2 aromatic rings. The van der Waals surface area contributed by atoms with Crippen molar-refractivity contribution in [3.8, 4) is 0 Å². The van der Waals surface area contributed by atoms with Crippen molar-refractivity contribution in [2.75, 3.05) is 31.1 Å². The largest absolute Gasteiger partial charge is 0.369 e. The van der Waals surface area contributed by atoms with Crippen molar-refractivity contribution in [1.82, 2.24) is 10.3 Å². The fourth-order valence-electron chi connectivity index (χ4n) is 3.55. The van der Waals surface area contributed by atoms with E-state index in [2.05, 4.69) is 74.9 Å². The molecule has 2 aliphatic heterocycles. The Kier molecular flexibility index (Phi) is 4.97. The monoisotopic (exact) mass is 348 g/mol. The van der Waals surface area contributed by atoms with E-state index in [9.17, 15) is 4.79 Å². The van der Waals surface area contributed by atoms with Gasteiger partial charge in [0.25, 0.3) is 0 Å². The lowest BCUT2D eigenvalue weighted by atomic mass is 10.0. The molecule has 5 heteroatoms. The smallest absolute Gasteiger partial charge is 0.240 e. The number of piperazine rings is 1. The third-order valence-corrected chi connectivity index (χ3v) is 5.09. The summed E-state index contributed by atoms with van der Waals surface area (Å²) >= 11 is 0. The average molecular weight is 348 g/mol. The highest BCUT2D eigenvalue weighted by molar-refractivity contribution is 6.04. The first kappa shape index (κ1) is 16.8. The van der Waals surface area contributed by atoms with Crippen molar-refractivity contribution >= 4 is 17.3 Å². The van der Waals surface area contributed by atoms with Gasteiger partial charge in [0, 0.05) is 51.3 Å². The molecule has 2 aromatic carbocycles. The number of carbonyl (C=O) groups is 1. The summed E-state index contributed by atoms with van der Waals surface area (Å²) < 4.78 is 0. The molecule has 4 rings (SSSR count). The maximum atomic E-state index is 11.2. The second-order valence-corrected chi connectivity index (χ2v) is 6.89. The maximum absolute atomic E-state index is 11.2. The predicted molar refractivity (Wildman–Crippen MR) is 104 cm³/mol. The zero-order chi connectivity index (χ0) is 17.8. The van der Waals surface area contributed by atoms with Gasteiger partial charge >= 0.3 is 0 Å². The number of rotatable bonds is 4. The molecule has 1 fully saturated rings. The molecule has 0 bridgehead atoms. The standard InChI is InChI=1S/C21H24N4O/c26-21-11-10-20(22-23-21)18-6-8-19(9-7-18)25-14-12-24(13-15-25)16-17-4-2-1-3-5-17/h1-9H,10-16H2,(H,23,26). The summed E-state index contributed by atoms with van der Waals surface area (Å²) in [4.78, 5) is 16.2. The van der Waals surface area contributed by atoms with Gasteiger partial charge in [0.2, 0.25) is 5.91 Å². The van der Waals surface area contributed by atoms with E-state index in [1.165, 1.54) is 11.3 Å². The number of nitrogens with zero attached hydrogens (tertiary/aromatic N) is 3. The van der Waals surface area contributed by atoms with Gasteiger partial charge < -0.3 is 4.90 Å². The molecule has 0 aromatic heterocycles. The summed E-state index contributed by atoms with van der Waals surface area (Å²) in [5, 5.41) is 4.17. The van der Waals surface area contributed by atoms with Crippen LogP contribution in [0.5, 0.6) is 0 Å². The van der Waals surface area contributed by atoms with Crippen molar-refractivity contribution < 1.29 is 4.79 Å². The van der Waals surface area contributed by atoms with Gasteiger partial charge in [-0.2, -0.15) is 5.10 Å². The van der Waals surface area contributed by atoms with E-state index in [1.807, 2.05) is 0 Å².